The number of aryl methyl sites for hydroxylation is 1. The predicted octanol–water partition coefficient (Wildman–Crippen LogP) is 2.32. The van der Waals surface area contributed by atoms with Gasteiger partial charge in [-0.15, -0.1) is 5.10 Å². The molecule has 7 heteroatoms. The molecule has 0 saturated carbocycles. The molecule has 0 radical (unpaired) electrons. The first-order chi connectivity index (χ1) is 13.1. The van der Waals surface area contributed by atoms with Gasteiger partial charge in [-0.25, -0.2) is 4.68 Å². The van der Waals surface area contributed by atoms with Crippen molar-refractivity contribution in [3.05, 3.63) is 65.5 Å². The fourth-order valence-electron chi connectivity index (χ4n) is 3.10. The van der Waals surface area contributed by atoms with E-state index in [0.29, 0.717) is 18.8 Å². The van der Waals surface area contributed by atoms with Gasteiger partial charge in [0.1, 0.15) is 6.61 Å². The second kappa shape index (κ2) is 7.11. The summed E-state index contributed by atoms with van der Waals surface area (Å²) >= 11 is 0. The van der Waals surface area contributed by atoms with E-state index in [1.165, 1.54) is 0 Å². The van der Waals surface area contributed by atoms with Crippen LogP contribution in [0.3, 0.4) is 0 Å². The number of aromatic nitrogens is 3. The smallest absolute Gasteiger partial charge is 0.273 e. The lowest BCUT2D eigenvalue weighted by Crippen LogP contribution is -2.42. The van der Waals surface area contributed by atoms with Crippen molar-refractivity contribution >= 4 is 5.91 Å². The molecular weight excluding hydrogens is 344 g/mol. The summed E-state index contributed by atoms with van der Waals surface area (Å²) in [5.74, 6) is 1.18. The van der Waals surface area contributed by atoms with Crippen molar-refractivity contribution in [2.45, 2.75) is 19.4 Å². The van der Waals surface area contributed by atoms with Crippen LogP contribution in [0.25, 0.3) is 5.69 Å². The molecule has 1 aliphatic heterocycles. The van der Waals surface area contributed by atoms with Gasteiger partial charge in [0.15, 0.2) is 17.2 Å². The Bertz CT molecular complexity index is 966. The number of fused-ring (bicyclic) bond motifs is 1. The van der Waals surface area contributed by atoms with Crippen LogP contribution in [0, 0.1) is 6.92 Å². The molecule has 3 aromatic rings. The lowest BCUT2D eigenvalue weighted by molar-refractivity contribution is 0.0909. The van der Waals surface area contributed by atoms with Gasteiger partial charge in [0, 0.05) is 5.56 Å². The van der Waals surface area contributed by atoms with Gasteiger partial charge in [-0.1, -0.05) is 35.0 Å². The third-order valence-electron chi connectivity index (χ3n) is 4.54. The summed E-state index contributed by atoms with van der Waals surface area (Å²) in [4.78, 5) is 12.5. The Kier molecular flexibility index (Phi) is 4.50. The number of hydrogen-bond donors (Lipinski definition) is 1. The van der Waals surface area contributed by atoms with Crippen LogP contribution in [0.5, 0.6) is 11.5 Å². The van der Waals surface area contributed by atoms with E-state index < -0.39 is 0 Å². The van der Waals surface area contributed by atoms with Crippen molar-refractivity contribution in [1.82, 2.24) is 20.3 Å². The number of nitrogens with zero attached hydrogens (tertiary/aromatic N) is 3. The number of ether oxygens (including phenoxy) is 2. The minimum Gasteiger partial charge on any atom is -0.493 e. The van der Waals surface area contributed by atoms with Gasteiger partial charge in [0.05, 0.1) is 25.0 Å². The van der Waals surface area contributed by atoms with Crippen LogP contribution < -0.4 is 14.8 Å². The number of hydrogen-bond acceptors (Lipinski definition) is 5. The summed E-state index contributed by atoms with van der Waals surface area (Å²) in [6, 6.07) is 13.5. The molecule has 1 unspecified atom stereocenters. The largest absolute Gasteiger partial charge is 0.493 e. The highest BCUT2D eigenvalue weighted by Gasteiger charge is 2.25. The molecular formula is C20H20N4O3. The maximum absolute atomic E-state index is 12.5. The third kappa shape index (κ3) is 3.48. The van der Waals surface area contributed by atoms with Crippen LogP contribution in [-0.2, 0) is 6.42 Å². The first-order valence-corrected chi connectivity index (χ1v) is 8.73. The molecule has 0 spiro atoms. The van der Waals surface area contributed by atoms with Crippen molar-refractivity contribution in [2.24, 2.45) is 0 Å². The minimum absolute atomic E-state index is 0.137. The molecule has 0 bridgehead atoms. The summed E-state index contributed by atoms with van der Waals surface area (Å²) in [7, 11) is 1.62. The number of para-hydroxylation sites is 1. The number of amides is 1. The first kappa shape index (κ1) is 17.1. The molecule has 0 fully saturated rings. The molecule has 2 heterocycles. The van der Waals surface area contributed by atoms with Crippen molar-refractivity contribution in [3.8, 4) is 17.2 Å². The minimum atomic E-state index is -0.270. The zero-order valence-electron chi connectivity index (χ0n) is 15.2. The van der Waals surface area contributed by atoms with E-state index in [0.717, 1.165) is 22.6 Å². The molecule has 1 aliphatic rings. The summed E-state index contributed by atoms with van der Waals surface area (Å²) in [6.07, 6.45) is 2.30. The maximum atomic E-state index is 12.5. The molecule has 1 amide bonds. The molecule has 1 aromatic heterocycles. The van der Waals surface area contributed by atoms with E-state index in [1.807, 2.05) is 49.4 Å². The molecule has 2 aromatic carbocycles. The van der Waals surface area contributed by atoms with E-state index in [-0.39, 0.29) is 17.6 Å². The van der Waals surface area contributed by atoms with Gasteiger partial charge in [-0.05, 0) is 31.5 Å². The van der Waals surface area contributed by atoms with Crippen molar-refractivity contribution < 1.29 is 14.3 Å². The summed E-state index contributed by atoms with van der Waals surface area (Å²) < 4.78 is 12.7. The Hall–Kier alpha value is -3.35. The highest BCUT2D eigenvalue weighted by atomic mass is 16.5. The number of carbonyl (C=O) groups excluding carboxylic acids is 1. The standard InChI is InChI=1S/C20H20N4O3/c1-13-6-8-16(9-7-13)24-11-17(22-23-24)20(25)21-15-10-14-4-3-5-18(26-2)19(14)27-12-15/h3-9,11,15H,10,12H2,1-2H3,(H,21,25). The normalized spacial score (nSPS) is 15.6. The van der Waals surface area contributed by atoms with Crippen molar-refractivity contribution in [3.63, 3.8) is 0 Å². The number of rotatable bonds is 4. The second-order valence-electron chi connectivity index (χ2n) is 6.52. The average Bonchev–Trinajstić information content (AvgIpc) is 3.18. The molecule has 4 rings (SSSR count). The van der Waals surface area contributed by atoms with Crippen LogP contribution in [0.1, 0.15) is 21.6 Å². The van der Waals surface area contributed by atoms with Crippen LogP contribution in [-0.4, -0.2) is 40.7 Å². The lowest BCUT2D eigenvalue weighted by Gasteiger charge is -2.26. The number of methoxy groups -OCH3 is 1. The van der Waals surface area contributed by atoms with Gasteiger partial charge in [-0.3, -0.25) is 4.79 Å². The molecule has 0 aliphatic carbocycles. The van der Waals surface area contributed by atoms with E-state index >= 15 is 0 Å². The van der Waals surface area contributed by atoms with Crippen LogP contribution in [0.2, 0.25) is 0 Å². The Morgan fingerprint density at radius 1 is 1.26 bits per heavy atom. The van der Waals surface area contributed by atoms with Gasteiger partial charge in [-0.2, -0.15) is 0 Å². The van der Waals surface area contributed by atoms with Crippen LogP contribution in [0.15, 0.2) is 48.7 Å². The molecule has 0 saturated heterocycles. The number of nitrogens with one attached hydrogen (secondary N) is 1. The zero-order valence-corrected chi connectivity index (χ0v) is 15.2. The lowest BCUT2D eigenvalue weighted by atomic mass is 10.0. The highest BCUT2D eigenvalue weighted by molar-refractivity contribution is 5.92. The fourth-order valence-corrected chi connectivity index (χ4v) is 3.10. The van der Waals surface area contributed by atoms with E-state index in [2.05, 4.69) is 15.6 Å². The Balaban J connectivity index is 1.45. The number of carbonyl (C=O) groups is 1. The highest BCUT2D eigenvalue weighted by Crippen LogP contribution is 2.34. The average molecular weight is 364 g/mol. The van der Waals surface area contributed by atoms with Crippen LogP contribution >= 0.6 is 0 Å². The topological polar surface area (TPSA) is 78.3 Å². The molecule has 138 valence electrons. The molecule has 7 nitrogen and oxygen atoms in total. The quantitative estimate of drug-likeness (QED) is 0.769. The SMILES string of the molecule is COc1cccc2c1OCC(NC(=O)c1cn(-c3ccc(C)cc3)nn1)C2. The second-order valence-corrected chi connectivity index (χ2v) is 6.52. The Labute approximate surface area is 156 Å². The third-order valence-corrected chi connectivity index (χ3v) is 4.54. The Morgan fingerprint density at radius 3 is 2.85 bits per heavy atom. The molecule has 1 atom stereocenters. The van der Waals surface area contributed by atoms with Crippen molar-refractivity contribution in [1.29, 1.82) is 0 Å². The summed E-state index contributed by atoms with van der Waals surface area (Å²) in [5, 5.41) is 11.0. The van der Waals surface area contributed by atoms with Gasteiger partial charge < -0.3 is 14.8 Å². The summed E-state index contributed by atoms with van der Waals surface area (Å²) in [6.45, 7) is 2.40. The maximum Gasteiger partial charge on any atom is 0.273 e. The Morgan fingerprint density at radius 2 is 2.07 bits per heavy atom. The number of benzene rings is 2. The molecule has 27 heavy (non-hydrogen) atoms. The van der Waals surface area contributed by atoms with Crippen molar-refractivity contribution in [2.75, 3.05) is 13.7 Å². The summed E-state index contributed by atoms with van der Waals surface area (Å²) in [5.41, 5.74) is 3.29. The van der Waals surface area contributed by atoms with E-state index in [4.69, 9.17) is 9.47 Å². The fraction of sp³-hybridized carbons (Fsp3) is 0.250. The van der Waals surface area contributed by atoms with E-state index in [1.54, 1.807) is 18.0 Å². The van der Waals surface area contributed by atoms with E-state index in [9.17, 15) is 4.79 Å². The van der Waals surface area contributed by atoms with Gasteiger partial charge in [0.2, 0.25) is 0 Å². The zero-order chi connectivity index (χ0) is 18.8. The first-order valence-electron chi connectivity index (χ1n) is 8.73. The predicted molar refractivity (Wildman–Crippen MR) is 99.5 cm³/mol. The molecule has 1 N–H and O–H groups in total. The van der Waals surface area contributed by atoms with Gasteiger partial charge in [0.25, 0.3) is 5.91 Å². The monoisotopic (exact) mass is 364 g/mol. The van der Waals surface area contributed by atoms with Gasteiger partial charge >= 0.3 is 0 Å². The van der Waals surface area contributed by atoms with Crippen LogP contribution in [0.4, 0.5) is 0 Å².